The Kier molecular flexibility index (Phi) is 5.80. The van der Waals surface area contributed by atoms with E-state index in [1.54, 1.807) is 29.2 Å². The predicted molar refractivity (Wildman–Crippen MR) is 119 cm³/mol. The number of hydrogen-bond donors (Lipinski definition) is 2. The highest BCUT2D eigenvalue weighted by molar-refractivity contribution is 6.07. The van der Waals surface area contributed by atoms with Crippen LogP contribution in [0, 0.1) is 6.92 Å². The highest BCUT2D eigenvalue weighted by Gasteiger charge is 2.21. The minimum absolute atomic E-state index is 0.225. The molecule has 10 heteroatoms. The summed E-state index contributed by atoms with van der Waals surface area (Å²) in [6.07, 6.45) is 8.08. The number of anilines is 3. The van der Waals surface area contributed by atoms with Crippen molar-refractivity contribution < 1.29 is 9.53 Å². The van der Waals surface area contributed by atoms with Gasteiger partial charge in [-0.3, -0.25) is 4.79 Å². The summed E-state index contributed by atoms with van der Waals surface area (Å²) in [7, 11) is 0. The van der Waals surface area contributed by atoms with E-state index >= 15 is 0 Å². The molecule has 1 amide bonds. The molecule has 1 aliphatic heterocycles. The number of carbonyl (C=O) groups is 1. The maximum Gasteiger partial charge on any atom is 0.262 e. The Morgan fingerprint density at radius 3 is 2.77 bits per heavy atom. The topological polar surface area (TPSA) is 116 Å². The van der Waals surface area contributed by atoms with Gasteiger partial charge in [0.15, 0.2) is 11.6 Å². The Morgan fingerprint density at radius 1 is 1.26 bits per heavy atom. The Hall–Kier alpha value is -3.92. The van der Waals surface area contributed by atoms with E-state index in [9.17, 15) is 4.79 Å². The fraction of sp³-hybridized carbons (Fsp3) is 0.238. The highest BCUT2D eigenvalue weighted by Crippen LogP contribution is 2.24. The third-order valence-corrected chi connectivity index (χ3v) is 4.83. The smallest absolute Gasteiger partial charge is 0.262 e. The van der Waals surface area contributed by atoms with Crippen LogP contribution in [-0.2, 0) is 4.74 Å². The van der Waals surface area contributed by atoms with E-state index in [4.69, 9.17) is 10.5 Å². The lowest BCUT2D eigenvalue weighted by atomic mass is 10.3. The molecule has 31 heavy (non-hydrogen) atoms. The molecule has 1 saturated heterocycles. The average Bonchev–Trinajstić information content (AvgIpc) is 3.37. The number of amides is 1. The van der Waals surface area contributed by atoms with Gasteiger partial charge in [0, 0.05) is 31.6 Å². The Bertz CT molecular complexity index is 1110. The van der Waals surface area contributed by atoms with Crippen molar-refractivity contribution in [2.24, 2.45) is 0 Å². The molecule has 0 saturated carbocycles. The second-order valence-corrected chi connectivity index (χ2v) is 7.01. The molecule has 0 unspecified atom stereocenters. The molecule has 1 fully saturated rings. The largest absolute Gasteiger partial charge is 0.383 e. The maximum absolute atomic E-state index is 13.0. The lowest BCUT2D eigenvalue weighted by molar-refractivity contribution is 0.102. The molecule has 4 heterocycles. The van der Waals surface area contributed by atoms with Gasteiger partial charge in [0.05, 0.1) is 19.4 Å². The molecule has 0 spiro atoms. The Labute approximate surface area is 179 Å². The quantitative estimate of drug-likeness (QED) is 0.587. The maximum atomic E-state index is 13.0. The molecule has 10 nitrogen and oxygen atoms in total. The number of pyridine rings is 1. The number of nitrogens with one attached hydrogen (secondary N) is 1. The van der Waals surface area contributed by atoms with Crippen LogP contribution in [0.15, 0.2) is 49.3 Å². The van der Waals surface area contributed by atoms with Gasteiger partial charge in [0.1, 0.15) is 17.2 Å². The summed E-state index contributed by atoms with van der Waals surface area (Å²) in [6, 6.07) is 5.62. The lowest BCUT2D eigenvalue weighted by Gasteiger charge is -2.26. The number of nitrogens with two attached hydrogens (primary N) is 1. The van der Waals surface area contributed by atoms with Crippen molar-refractivity contribution in [3.05, 3.63) is 60.5 Å². The number of allylic oxidation sites excluding steroid dienone is 2. The molecular weight excluding hydrogens is 396 g/mol. The molecule has 0 aliphatic carbocycles. The summed E-state index contributed by atoms with van der Waals surface area (Å²) in [4.78, 5) is 19.5. The first kappa shape index (κ1) is 20.4. The second-order valence-electron chi connectivity index (χ2n) is 7.01. The number of aromatic nitrogens is 5. The predicted octanol–water partition coefficient (Wildman–Crippen LogP) is 2.10. The number of nitrogen functional groups attached to an aromatic ring is 1. The normalized spacial score (nSPS) is 14.2. The van der Waals surface area contributed by atoms with Crippen LogP contribution in [0.2, 0.25) is 0 Å². The van der Waals surface area contributed by atoms with E-state index in [1.807, 2.05) is 25.1 Å². The van der Waals surface area contributed by atoms with Crippen molar-refractivity contribution in [1.82, 2.24) is 24.5 Å². The summed E-state index contributed by atoms with van der Waals surface area (Å²) in [5.74, 6) is 1.65. The number of rotatable bonds is 6. The van der Waals surface area contributed by atoms with Gasteiger partial charge < -0.3 is 20.7 Å². The molecule has 1 aliphatic rings. The summed E-state index contributed by atoms with van der Waals surface area (Å²) >= 11 is 0. The van der Waals surface area contributed by atoms with Crippen LogP contribution in [0.3, 0.4) is 0 Å². The molecule has 3 aromatic heterocycles. The molecule has 0 radical (unpaired) electrons. The second kappa shape index (κ2) is 8.84. The van der Waals surface area contributed by atoms with E-state index < -0.39 is 5.91 Å². The van der Waals surface area contributed by atoms with Crippen molar-refractivity contribution in [3.8, 4) is 5.82 Å². The van der Waals surface area contributed by atoms with Crippen molar-refractivity contribution in [2.75, 3.05) is 42.3 Å². The Balaban J connectivity index is 1.66. The third kappa shape index (κ3) is 4.33. The first-order valence-corrected chi connectivity index (χ1v) is 9.86. The van der Waals surface area contributed by atoms with Gasteiger partial charge in [-0.2, -0.15) is 9.78 Å². The van der Waals surface area contributed by atoms with Crippen molar-refractivity contribution in [1.29, 1.82) is 0 Å². The average molecular weight is 420 g/mol. The Morgan fingerprint density at radius 2 is 2.06 bits per heavy atom. The van der Waals surface area contributed by atoms with E-state index in [-0.39, 0.29) is 11.4 Å². The first-order valence-electron chi connectivity index (χ1n) is 9.86. The molecule has 3 aromatic rings. The van der Waals surface area contributed by atoms with Crippen LogP contribution in [0.25, 0.3) is 12.0 Å². The van der Waals surface area contributed by atoms with Gasteiger partial charge in [0.25, 0.3) is 5.91 Å². The lowest BCUT2D eigenvalue weighted by Crippen LogP contribution is -2.36. The molecule has 3 N–H and O–H groups in total. The number of hydrogen-bond acceptors (Lipinski definition) is 7. The number of carbonyl (C=O) groups excluding carboxylic acids is 1. The van der Waals surface area contributed by atoms with Gasteiger partial charge in [-0.1, -0.05) is 18.7 Å². The summed E-state index contributed by atoms with van der Waals surface area (Å²) in [5.41, 5.74) is 7.37. The minimum atomic E-state index is -0.391. The summed E-state index contributed by atoms with van der Waals surface area (Å²) in [6.45, 7) is 8.28. The van der Waals surface area contributed by atoms with Crippen LogP contribution in [0.5, 0.6) is 0 Å². The van der Waals surface area contributed by atoms with Gasteiger partial charge in [0.2, 0.25) is 0 Å². The summed E-state index contributed by atoms with van der Waals surface area (Å²) < 4.78 is 8.45. The number of aryl methyl sites for hydroxylation is 1. The standard InChI is InChI=1S/C21H24N8O2/c1-3-4-7-28-20(22)16(14-24-28)21(30)25-18-12-19(27-8-10-31-11-9-27)26-29(18)17-6-5-15(2)13-23-17/h3-7,12-14H,1,8-11,22H2,2H3,(H,25,30)/b7-4-. The van der Waals surface area contributed by atoms with E-state index in [0.29, 0.717) is 24.8 Å². The van der Waals surface area contributed by atoms with Crippen molar-refractivity contribution >= 4 is 29.6 Å². The van der Waals surface area contributed by atoms with E-state index in [0.717, 1.165) is 24.5 Å². The van der Waals surface area contributed by atoms with Gasteiger partial charge in [-0.25, -0.2) is 9.67 Å². The molecule has 0 bridgehead atoms. The summed E-state index contributed by atoms with van der Waals surface area (Å²) in [5, 5.41) is 11.7. The number of morpholine rings is 1. The molecule has 0 atom stereocenters. The van der Waals surface area contributed by atoms with E-state index in [1.165, 1.54) is 10.9 Å². The molecular formula is C21H24N8O2. The number of ether oxygens (including phenoxy) is 1. The van der Waals surface area contributed by atoms with Crippen LogP contribution < -0.4 is 16.0 Å². The van der Waals surface area contributed by atoms with Crippen LogP contribution in [0.4, 0.5) is 17.5 Å². The van der Waals surface area contributed by atoms with Crippen LogP contribution >= 0.6 is 0 Å². The molecule has 0 aromatic carbocycles. The zero-order valence-electron chi connectivity index (χ0n) is 17.2. The zero-order chi connectivity index (χ0) is 21.8. The van der Waals surface area contributed by atoms with Gasteiger partial charge in [-0.05, 0) is 24.6 Å². The molecule has 4 rings (SSSR count). The first-order chi connectivity index (χ1) is 15.1. The van der Waals surface area contributed by atoms with E-state index in [2.05, 4.69) is 32.0 Å². The number of nitrogens with zero attached hydrogens (tertiary/aromatic N) is 6. The van der Waals surface area contributed by atoms with Crippen LogP contribution in [-0.4, -0.2) is 56.8 Å². The molecule has 160 valence electrons. The third-order valence-electron chi connectivity index (χ3n) is 4.83. The highest BCUT2D eigenvalue weighted by atomic mass is 16.5. The van der Waals surface area contributed by atoms with Crippen molar-refractivity contribution in [2.45, 2.75) is 6.92 Å². The monoisotopic (exact) mass is 420 g/mol. The zero-order valence-corrected chi connectivity index (χ0v) is 17.2. The fourth-order valence-electron chi connectivity index (χ4n) is 3.16. The minimum Gasteiger partial charge on any atom is -0.383 e. The van der Waals surface area contributed by atoms with Gasteiger partial charge in [-0.15, -0.1) is 5.10 Å². The van der Waals surface area contributed by atoms with Crippen LogP contribution in [0.1, 0.15) is 15.9 Å². The SMILES string of the molecule is C=C/C=C\n1ncc(C(=O)Nc2cc(N3CCOCC3)nn2-c2ccc(C)cn2)c1N. The van der Waals surface area contributed by atoms with Gasteiger partial charge >= 0.3 is 0 Å². The van der Waals surface area contributed by atoms with Crippen molar-refractivity contribution in [3.63, 3.8) is 0 Å². The fourth-order valence-corrected chi connectivity index (χ4v) is 3.16.